The molecule has 2 fully saturated rings. The first-order chi connectivity index (χ1) is 6.47. The van der Waals surface area contributed by atoms with Crippen LogP contribution in [0.15, 0.2) is 0 Å². The Balaban J connectivity index is 2.27. The van der Waals surface area contributed by atoms with Gasteiger partial charge in [-0.15, -0.1) is 0 Å². The van der Waals surface area contributed by atoms with Gasteiger partial charge in [-0.3, -0.25) is 0 Å². The van der Waals surface area contributed by atoms with E-state index >= 15 is 0 Å². The van der Waals surface area contributed by atoms with Gasteiger partial charge >= 0.3 is 0 Å². The summed E-state index contributed by atoms with van der Waals surface area (Å²) in [5.41, 5.74) is 0.675. The molecular weight excluding hydrogens is 172 g/mol. The molecule has 1 heteroatoms. The molecular formula is C13H24O. The maximum absolute atomic E-state index is 10.2. The van der Waals surface area contributed by atoms with Gasteiger partial charge < -0.3 is 5.11 Å². The van der Waals surface area contributed by atoms with Crippen LogP contribution < -0.4 is 0 Å². The molecule has 82 valence electrons. The second-order valence-electron chi connectivity index (χ2n) is 6.35. The van der Waals surface area contributed by atoms with Gasteiger partial charge in [0, 0.05) is 0 Å². The van der Waals surface area contributed by atoms with Crippen LogP contribution in [0.3, 0.4) is 0 Å². The van der Waals surface area contributed by atoms with E-state index in [1.807, 2.05) is 0 Å². The molecule has 0 aromatic carbocycles. The minimum absolute atomic E-state index is 0.0409. The highest BCUT2D eigenvalue weighted by molar-refractivity contribution is 5.01. The van der Waals surface area contributed by atoms with Gasteiger partial charge in [-0.2, -0.15) is 0 Å². The summed E-state index contributed by atoms with van der Waals surface area (Å²) in [4.78, 5) is 0. The van der Waals surface area contributed by atoms with Gasteiger partial charge in [0.05, 0.1) is 6.10 Å². The average Bonchev–Trinajstić information content (AvgIpc) is 2.08. The van der Waals surface area contributed by atoms with Gasteiger partial charge in [-0.1, -0.05) is 33.6 Å². The van der Waals surface area contributed by atoms with Crippen LogP contribution in [-0.2, 0) is 0 Å². The predicted octanol–water partition coefficient (Wildman–Crippen LogP) is 3.36. The number of hydrogen-bond donors (Lipinski definition) is 1. The second-order valence-corrected chi connectivity index (χ2v) is 6.35. The van der Waals surface area contributed by atoms with E-state index in [1.165, 1.54) is 32.1 Å². The van der Waals surface area contributed by atoms with Gasteiger partial charge in [0.15, 0.2) is 0 Å². The van der Waals surface area contributed by atoms with Crippen molar-refractivity contribution in [3.63, 3.8) is 0 Å². The van der Waals surface area contributed by atoms with Crippen molar-refractivity contribution in [3.05, 3.63) is 0 Å². The maximum atomic E-state index is 10.2. The zero-order valence-electron chi connectivity index (χ0n) is 9.84. The molecule has 0 bridgehead atoms. The zero-order chi connectivity index (χ0) is 10.4. The number of hydrogen-bond acceptors (Lipinski definition) is 1. The van der Waals surface area contributed by atoms with Crippen molar-refractivity contribution >= 4 is 0 Å². The summed E-state index contributed by atoms with van der Waals surface area (Å²) >= 11 is 0. The molecule has 2 aliphatic rings. The normalized spacial score (nSPS) is 47.1. The Labute approximate surface area is 87.9 Å². The molecule has 14 heavy (non-hydrogen) atoms. The van der Waals surface area contributed by atoms with Crippen LogP contribution >= 0.6 is 0 Å². The lowest BCUT2D eigenvalue weighted by Gasteiger charge is -2.55. The molecule has 3 atom stereocenters. The van der Waals surface area contributed by atoms with E-state index in [-0.39, 0.29) is 11.5 Å². The summed E-state index contributed by atoms with van der Waals surface area (Å²) in [6.45, 7) is 7.11. The van der Waals surface area contributed by atoms with Crippen molar-refractivity contribution in [2.45, 2.75) is 65.4 Å². The van der Waals surface area contributed by atoms with E-state index in [9.17, 15) is 5.11 Å². The fraction of sp³-hybridized carbons (Fsp3) is 1.00. The quantitative estimate of drug-likeness (QED) is 0.630. The molecule has 1 N–H and O–H groups in total. The second kappa shape index (κ2) is 3.23. The number of rotatable bonds is 0. The summed E-state index contributed by atoms with van der Waals surface area (Å²) in [5.74, 6) is 0.743. The van der Waals surface area contributed by atoms with Crippen LogP contribution in [0.2, 0.25) is 0 Å². The minimum Gasteiger partial charge on any atom is -0.393 e. The van der Waals surface area contributed by atoms with Gasteiger partial charge in [0.25, 0.3) is 0 Å². The van der Waals surface area contributed by atoms with Crippen molar-refractivity contribution in [2.24, 2.45) is 16.7 Å². The predicted molar refractivity (Wildman–Crippen MR) is 59.1 cm³/mol. The van der Waals surface area contributed by atoms with Gasteiger partial charge in [-0.05, 0) is 42.4 Å². The lowest BCUT2D eigenvalue weighted by Crippen LogP contribution is -2.51. The number of aliphatic hydroxyl groups excluding tert-OH is 1. The molecule has 2 rings (SSSR count). The maximum Gasteiger partial charge on any atom is 0.0596 e. The molecule has 0 saturated heterocycles. The molecule has 0 spiro atoms. The smallest absolute Gasteiger partial charge is 0.0596 e. The Hall–Kier alpha value is -0.0400. The first-order valence-electron chi connectivity index (χ1n) is 6.15. The molecule has 2 aliphatic carbocycles. The van der Waals surface area contributed by atoms with Gasteiger partial charge in [0.1, 0.15) is 0 Å². The molecule has 1 nitrogen and oxygen atoms in total. The van der Waals surface area contributed by atoms with Crippen LogP contribution in [0.25, 0.3) is 0 Å². The highest BCUT2D eigenvalue weighted by Gasteiger charge is 2.51. The van der Waals surface area contributed by atoms with E-state index in [2.05, 4.69) is 20.8 Å². The average molecular weight is 196 g/mol. The van der Waals surface area contributed by atoms with Crippen LogP contribution in [0.1, 0.15) is 59.3 Å². The van der Waals surface area contributed by atoms with E-state index in [0.29, 0.717) is 5.41 Å². The van der Waals surface area contributed by atoms with Crippen LogP contribution in [0.4, 0.5) is 0 Å². The monoisotopic (exact) mass is 196 g/mol. The third kappa shape index (κ3) is 1.41. The summed E-state index contributed by atoms with van der Waals surface area (Å²) in [7, 11) is 0. The molecule has 0 amide bonds. The molecule has 0 radical (unpaired) electrons. The van der Waals surface area contributed by atoms with Crippen LogP contribution in [-0.4, -0.2) is 11.2 Å². The summed E-state index contributed by atoms with van der Waals surface area (Å²) in [6.07, 6.45) is 7.44. The largest absolute Gasteiger partial charge is 0.393 e. The summed E-state index contributed by atoms with van der Waals surface area (Å²) < 4.78 is 0. The van der Waals surface area contributed by atoms with Crippen molar-refractivity contribution < 1.29 is 5.11 Å². The van der Waals surface area contributed by atoms with Crippen molar-refractivity contribution in [1.82, 2.24) is 0 Å². The van der Waals surface area contributed by atoms with Gasteiger partial charge in [0.2, 0.25) is 0 Å². The van der Waals surface area contributed by atoms with Gasteiger partial charge in [-0.25, -0.2) is 0 Å². The SMILES string of the molecule is CC1(C)CCC[C@]2(C)[C@@H](O)CCC[C@@H]12. The Morgan fingerprint density at radius 3 is 2.36 bits per heavy atom. The molecule has 0 aromatic heterocycles. The summed E-state index contributed by atoms with van der Waals surface area (Å²) in [5, 5.41) is 10.2. The first kappa shape index (κ1) is 10.5. The molecule has 2 saturated carbocycles. The number of fused-ring (bicyclic) bond motifs is 1. The van der Waals surface area contributed by atoms with Crippen molar-refractivity contribution in [1.29, 1.82) is 0 Å². The van der Waals surface area contributed by atoms with E-state index < -0.39 is 0 Å². The Bertz CT molecular complexity index is 221. The lowest BCUT2D eigenvalue weighted by atomic mass is 9.51. The topological polar surface area (TPSA) is 20.2 Å². The summed E-state index contributed by atoms with van der Waals surface area (Å²) in [6, 6.07) is 0. The number of aliphatic hydroxyl groups is 1. The van der Waals surface area contributed by atoms with E-state index in [1.54, 1.807) is 0 Å². The standard InChI is InChI=1S/C13H24O/c1-12(2)8-5-9-13(3)10(12)6-4-7-11(13)14/h10-11,14H,4-9H2,1-3H3/t10-,11-,13-/m0/s1. The highest BCUT2D eigenvalue weighted by atomic mass is 16.3. The molecule has 0 aromatic rings. The minimum atomic E-state index is -0.0409. The Morgan fingerprint density at radius 1 is 1.00 bits per heavy atom. The molecule has 0 heterocycles. The lowest BCUT2D eigenvalue weighted by molar-refractivity contribution is -0.114. The third-order valence-electron chi connectivity index (χ3n) is 5.01. The van der Waals surface area contributed by atoms with E-state index in [0.717, 1.165) is 12.3 Å². The fourth-order valence-corrected chi connectivity index (χ4v) is 4.13. The van der Waals surface area contributed by atoms with Crippen molar-refractivity contribution in [2.75, 3.05) is 0 Å². The highest BCUT2D eigenvalue weighted by Crippen LogP contribution is 2.57. The van der Waals surface area contributed by atoms with Crippen LogP contribution in [0, 0.1) is 16.7 Å². The fourth-order valence-electron chi connectivity index (χ4n) is 4.13. The zero-order valence-corrected chi connectivity index (χ0v) is 9.84. The van der Waals surface area contributed by atoms with Crippen molar-refractivity contribution in [3.8, 4) is 0 Å². The van der Waals surface area contributed by atoms with E-state index in [4.69, 9.17) is 0 Å². The molecule has 0 unspecified atom stereocenters. The first-order valence-corrected chi connectivity index (χ1v) is 6.15. The Morgan fingerprint density at radius 2 is 1.71 bits per heavy atom. The Kier molecular flexibility index (Phi) is 2.42. The third-order valence-corrected chi connectivity index (χ3v) is 5.01. The molecule has 0 aliphatic heterocycles. The van der Waals surface area contributed by atoms with Crippen LogP contribution in [0.5, 0.6) is 0 Å².